The minimum Gasteiger partial charge on any atom is -0.446 e. The van der Waals surface area contributed by atoms with Crippen LogP contribution in [0, 0.1) is 20.8 Å². The number of carbonyl (C=O) groups is 1. The van der Waals surface area contributed by atoms with Gasteiger partial charge in [-0.15, -0.1) is 11.8 Å². The van der Waals surface area contributed by atoms with Crippen LogP contribution in [0.1, 0.15) is 36.3 Å². The Hall–Kier alpha value is -1.90. The number of amides is 1. The minimum atomic E-state index is -0.549. The van der Waals surface area contributed by atoms with Crippen molar-refractivity contribution in [2.45, 2.75) is 39.7 Å². The van der Waals surface area contributed by atoms with Crippen LogP contribution in [0.25, 0.3) is 0 Å². The SMILES string of the molecule is C=NC(C)(CCSCN)c1cc(NC=O)cnc1Cl.Cc1nc(C)c(C)o1. The van der Waals surface area contributed by atoms with Crippen LogP contribution in [0.4, 0.5) is 5.69 Å². The van der Waals surface area contributed by atoms with E-state index >= 15 is 0 Å². The molecule has 0 saturated heterocycles. The molecular weight excluding hydrogens is 386 g/mol. The minimum absolute atomic E-state index is 0.365. The first-order valence-electron chi connectivity index (χ1n) is 8.30. The van der Waals surface area contributed by atoms with Crippen molar-refractivity contribution in [2.75, 3.05) is 16.9 Å². The third-order valence-corrected chi connectivity index (χ3v) is 5.01. The highest BCUT2D eigenvalue weighted by molar-refractivity contribution is 7.99. The van der Waals surface area contributed by atoms with Crippen molar-refractivity contribution in [3.8, 4) is 0 Å². The molecule has 0 saturated carbocycles. The Morgan fingerprint density at radius 3 is 2.63 bits per heavy atom. The van der Waals surface area contributed by atoms with Crippen molar-refractivity contribution in [1.82, 2.24) is 9.97 Å². The summed E-state index contributed by atoms with van der Waals surface area (Å²) in [7, 11) is 0. The highest BCUT2D eigenvalue weighted by atomic mass is 35.5. The third-order valence-electron chi connectivity index (χ3n) is 3.98. The number of hydrogen-bond acceptors (Lipinski definition) is 7. The van der Waals surface area contributed by atoms with E-state index in [-0.39, 0.29) is 0 Å². The molecule has 148 valence electrons. The van der Waals surface area contributed by atoms with E-state index < -0.39 is 5.54 Å². The zero-order valence-corrected chi connectivity index (χ0v) is 17.7. The second-order valence-electron chi connectivity index (χ2n) is 5.96. The van der Waals surface area contributed by atoms with Crippen molar-refractivity contribution in [1.29, 1.82) is 0 Å². The standard InChI is InChI=1S/C12H17ClN4OS.C6H9NO/c1-12(15-2,3-4-19-7-14)10-5-9(17-8-18)6-16-11(10)13;1-4-5(2)8-6(3)7-4/h5-6,8H,2-4,7,14H2,1H3,(H,17,18);1-3H3. The Morgan fingerprint density at radius 1 is 1.48 bits per heavy atom. The molecule has 0 aliphatic rings. The lowest BCUT2D eigenvalue weighted by molar-refractivity contribution is -0.105. The van der Waals surface area contributed by atoms with Crippen LogP contribution in [0.3, 0.4) is 0 Å². The number of aliphatic imine (C=N–C) groups is 1. The maximum absolute atomic E-state index is 10.5. The largest absolute Gasteiger partial charge is 0.446 e. The first kappa shape index (κ1) is 23.1. The molecule has 0 fully saturated rings. The molecular formula is C18H26ClN5O2S. The molecule has 2 aromatic heterocycles. The number of nitrogens with zero attached hydrogens (tertiary/aromatic N) is 3. The van der Waals surface area contributed by atoms with Gasteiger partial charge in [-0.1, -0.05) is 11.6 Å². The molecule has 0 aromatic carbocycles. The highest BCUT2D eigenvalue weighted by Crippen LogP contribution is 2.35. The lowest BCUT2D eigenvalue weighted by Gasteiger charge is -2.26. The van der Waals surface area contributed by atoms with Crippen LogP contribution in [0.2, 0.25) is 5.15 Å². The number of oxazole rings is 1. The number of halogens is 1. The number of nitrogens with two attached hydrogens (primary N) is 1. The van der Waals surface area contributed by atoms with Gasteiger partial charge in [0.25, 0.3) is 0 Å². The van der Waals surface area contributed by atoms with Crippen LogP contribution in [0.5, 0.6) is 0 Å². The number of carbonyl (C=O) groups excluding carboxylic acids is 1. The zero-order chi connectivity index (χ0) is 20.4. The van der Waals surface area contributed by atoms with E-state index in [0.29, 0.717) is 23.1 Å². The van der Waals surface area contributed by atoms with Gasteiger partial charge in [0.2, 0.25) is 6.41 Å². The van der Waals surface area contributed by atoms with E-state index in [1.165, 1.54) is 6.20 Å². The Morgan fingerprint density at radius 2 is 2.19 bits per heavy atom. The summed E-state index contributed by atoms with van der Waals surface area (Å²) < 4.78 is 5.10. The average molecular weight is 412 g/mol. The topological polar surface area (TPSA) is 106 Å². The lowest BCUT2D eigenvalue weighted by atomic mass is 9.91. The molecule has 0 aliphatic carbocycles. The van der Waals surface area contributed by atoms with E-state index in [9.17, 15) is 4.79 Å². The number of rotatable bonds is 8. The van der Waals surface area contributed by atoms with E-state index in [2.05, 4.69) is 27.0 Å². The van der Waals surface area contributed by atoms with Crippen LogP contribution in [-0.2, 0) is 10.3 Å². The van der Waals surface area contributed by atoms with Gasteiger partial charge < -0.3 is 15.5 Å². The molecule has 0 aliphatic heterocycles. The Bertz CT molecular complexity index is 749. The first-order chi connectivity index (χ1) is 12.8. The summed E-state index contributed by atoms with van der Waals surface area (Å²) in [5.41, 5.74) is 7.22. The second-order valence-corrected chi connectivity index (χ2v) is 7.46. The summed E-state index contributed by atoms with van der Waals surface area (Å²) in [5, 5.41) is 2.91. The van der Waals surface area contributed by atoms with Crippen molar-refractivity contribution >= 4 is 42.2 Å². The van der Waals surface area contributed by atoms with Crippen LogP contribution in [0.15, 0.2) is 21.7 Å². The fraction of sp³-hybridized carbons (Fsp3) is 0.444. The summed E-state index contributed by atoms with van der Waals surface area (Å²) in [5.74, 6) is 3.07. The highest BCUT2D eigenvalue weighted by Gasteiger charge is 2.28. The first-order valence-corrected chi connectivity index (χ1v) is 9.83. The number of pyridine rings is 1. The van der Waals surface area contributed by atoms with Crippen molar-refractivity contribution in [2.24, 2.45) is 10.7 Å². The number of anilines is 1. The van der Waals surface area contributed by atoms with Gasteiger partial charge in [-0.3, -0.25) is 9.79 Å². The number of thioether (sulfide) groups is 1. The molecule has 2 heterocycles. The van der Waals surface area contributed by atoms with Crippen molar-refractivity contribution in [3.63, 3.8) is 0 Å². The van der Waals surface area contributed by atoms with E-state index in [1.807, 2.05) is 27.7 Å². The Balaban J connectivity index is 0.000000377. The van der Waals surface area contributed by atoms with Crippen LogP contribution in [-0.4, -0.2) is 34.7 Å². The molecule has 0 radical (unpaired) electrons. The maximum atomic E-state index is 10.5. The second kappa shape index (κ2) is 11.1. The molecule has 1 amide bonds. The maximum Gasteiger partial charge on any atom is 0.211 e. The fourth-order valence-corrected chi connectivity index (χ4v) is 3.27. The summed E-state index contributed by atoms with van der Waals surface area (Å²) in [4.78, 5) is 22.8. The van der Waals surface area contributed by atoms with Gasteiger partial charge in [0.05, 0.1) is 23.1 Å². The van der Waals surface area contributed by atoms with Crippen molar-refractivity contribution in [3.05, 3.63) is 40.3 Å². The molecule has 7 nitrogen and oxygen atoms in total. The Labute approximate surface area is 169 Å². The zero-order valence-electron chi connectivity index (χ0n) is 16.1. The predicted octanol–water partition coefficient (Wildman–Crippen LogP) is 3.86. The summed E-state index contributed by atoms with van der Waals surface area (Å²) >= 11 is 7.75. The van der Waals surface area contributed by atoms with E-state index in [4.69, 9.17) is 21.8 Å². The monoisotopic (exact) mass is 411 g/mol. The molecule has 1 unspecified atom stereocenters. The summed E-state index contributed by atoms with van der Waals surface area (Å²) in [6, 6.07) is 1.77. The number of hydrogen-bond donors (Lipinski definition) is 2. The van der Waals surface area contributed by atoms with Gasteiger partial charge in [0.15, 0.2) is 5.89 Å². The molecule has 0 bridgehead atoms. The average Bonchev–Trinajstić information content (AvgIpc) is 2.93. The number of aryl methyl sites for hydroxylation is 3. The lowest BCUT2D eigenvalue weighted by Crippen LogP contribution is -2.21. The molecule has 2 rings (SSSR count). The smallest absolute Gasteiger partial charge is 0.211 e. The van der Waals surface area contributed by atoms with E-state index in [1.54, 1.807) is 17.8 Å². The molecule has 1 atom stereocenters. The van der Waals surface area contributed by atoms with Crippen LogP contribution < -0.4 is 11.1 Å². The number of aromatic nitrogens is 2. The summed E-state index contributed by atoms with van der Waals surface area (Å²) in [6.07, 6.45) is 2.83. The Kier molecular flexibility index (Phi) is 9.48. The summed E-state index contributed by atoms with van der Waals surface area (Å²) in [6.45, 7) is 11.3. The van der Waals surface area contributed by atoms with Crippen molar-refractivity contribution < 1.29 is 9.21 Å². The number of nitrogens with one attached hydrogen (secondary N) is 1. The molecule has 2 aromatic rings. The predicted molar refractivity (Wildman–Crippen MR) is 113 cm³/mol. The van der Waals surface area contributed by atoms with Gasteiger partial charge in [0, 0.05) is 18.4 Å². The normalized spacial score (nSPS) is 12.5. The van der Waals surface area contributed by atoms with Gasteiger partial charge in [-0.25, -0.2) is 9.97 Å². The van der Waals surface area contributed by atoms with Gasteiger partial charge >= 0.3 is 0 Å². The van der Waals surface area contributed by atoms with Gasteiger partial charge in [-0.05, 0) is 45.7 Å². The third kappa shape index (κ3) is 6.97. The molecule has 3 N–H and O–H groups in total. The molecule has 0 spiro atoms. The van der Waals surface area contributed by atoms with Crippen LogP contribution >= 0.6 is 23.4 Å². The van der Waals surface area contributed by atoms with Gasteiger partial charge in [-0.2, -0.15) is 0 Å². The molecule has 9 heteroatoms. The van der Waals surface area contributed by atoms with E-state index in [0.717, 1.165) is 35.1 Å². The van der Waals surface area contributed by atoms with Gasteiger partial charge in [0.1, 0.15) is 10.9 Å². The quantitative estimate of drug-likeness (QED) is 0.224. The molecule has 27 heavy (non-hydrogen) atoms. The fourth-order valence-electron chi connectivity index (χ4n) is 2.26.